The van der Waals surface area contributed by atoms with Crippen molar-refractivity contribution in [3.8, 4) is 29.5 Å². The third kappa shape index (κ3) is 2.95. The molecule has 3 heterocycles. The number of hydrogen-bond acceptors (Lipinski definition) is 4. The zero-order valence-corrected chi connectivity index (χ0v) is 15.0. The van der Waals surface area contributed by atoms with Crippen LogP contribution in [0.2, 0.25) is 0 Å². The van der Waals surface area contributed by atoms with E-state index < -0.39 is 0 Å². The fraction of sp³-hybridized carbons (Fsp3) is 0.0500. The van der Waals surface area contributed by atoms with Gasteiger partial charge in [-0.3, -0.25) is 5.10 Å². The molecule has 0 fully saturated rings. The van der Waals surface area contributed by atoms with Crippen LogP contribution in [0.1, 0.15) is 16.8 Å². The molecule has 0 atom stereocenters. The number of aromatic nitrogens is 4. The van der Waals surface area contributed by atoms with Gasteiger partial charge in [-0.25, -0.2) is 8.91 Å². The summed E-state index contributed by atoms with van der Waals surface area (Å²) < 4.78 is 15.2. The second kappa shape index (κ2) is 6.64. The zero-order valence-electron chi connectivity index (χ0n) is 14.2. The van der Waals surface area contributed by atoms with Crippen LogP contribution in [0.4, 0.5) is 4.39 Å². The van der Waals surface area contributed by atoms with Crippen molar-refractivity contribution in [3.63, 3.8) is 0 Å². The number of nitriles is 1. The van der Waals surface area contributed by atoms with E-state index in [4.69, 9.17) is 6.42 Å². The predicted octanol–water partition coefficient (Wildman–Crippen LogP) is 4.18. The van der Waals surface area contributed by atoms with Gasteiger partial charge in [-0.1, -0.05) is 17.7 Å². The van der Waals surface area contributed by atoms with Crippen molar-refractivity contribution in [2.45, 2.75) is 16.7 Å². The van der Waals surface area contributed by atoms with Gasteiger partial charge >= 0.3 is 0 Å². The van der Waals surface area contributed by atoms with Gasteiger partial charge < -0.3 is 0 Å². The fourth-order valence-corrected chi connectivity index (χ4v) is 3.94. The van der Waals surface area contributed by atoms with E-state index in [1.807, 2.05) is 19.2 Å². The highest BCUT2D eigenvalue weighted by atomic mass is 32.2. The summed E-state index contributed by atoms with van der Waals surface area (Å²) >= 11 is 1.38. The quantitative estimate of drug-likeness (QED) is 0.547. The second-order valence-electron chi connectivity index (χ2n) is 5.85. The van der Waals surface area contributed by atoms with Crippen LogP contribution in [0.5, 0.6) is 0 Å². The lowest BCUT2D eigenvalue weighted by Gasteiger charge is -2.10. The van der Waals surface area contributed by atoms with Gasteiger partial charge in [0.2, 0.25) is 0 Å². The van der Waals surface area contributed by atoms with Gasteiger partial charge in [-0.2, -0.15) is 15.5 Å². The first-order valence-electron chi connectivity index (χ1n) is 7.96. The average Bonchev–Trinajstić information content (AvgIpc) is 3.28. The van der Waals surface area contributed by atoms with Crippen molar-refractivity contribution in [1.29, 1.82) is 5.26 Å². The van der Waals surface area contributed by atoms with Crippen LogP contribution < -0.4 is 0 Å². The Balaban J connectivity index is 1.93. The molecule has 0 aliphatic rings. The van der Waals surface area contributed by atoms with E-state index in [1.165, 1.54) is 30.1 Å². The monoisotopic (exact) mass is 373 g/mol. The molecule has 5 nitrogen and oxygen atoms in total. The van der Waals surface area contributed by atoms with Crippen LogP contribution in [-0.4, -0.2) is 19.8 Å². The van der Waals surface area contributed by atoms with Crippen molar-refractivity contribution in [3.05, 3.63) is 65.5 Å². The molecule has 1 N–H and O–H groups in total. The molecule has 7 heteroatoms. The number of aromatic amines is 1. The third-order valence-corrected chi connectivity index (χ3v) is 5.26. The Morgan fingerprint density at radius 2 is 2.07 bits per heavy atom. The maximum absolute atomic E-state index is 13.5. The molecule has 3 aromatic heterocycles. The van der Waals surface area contributed by atoms with Crippen LogP contribution in [0, 0.1) is 36.4 Å². The number of benzene rings is 1. The highest BCUT2D eigenvalue weighted by molar-refractivity contribution is 7.99. The summed E-state index contributed by atoms with van der Waals surface area (Å²) in [4.78, 5) is 1.53. The van der Waals surface area contributed by atoms with Crippen LogP contribution >= 0.6 is 11.8 Å². The van der Waals surface area contributed by atoms with Gasteiger partial charge in [0.1, 0.15) is 11.9 Å². The van der Waals surface area contributed by atoms with Crippen molar-refractivity contribution in [1.82, 2.24) is 19.8 Å². The number of pyridine rings is 1. The number of H-pyrrole nitrogens is 1. The van der Waals surface area contributed by atoms with E-state index >= 15 is 0 Å². The molecule has 0 unspecified atom stereocenters. The van der Waals surface area contributed by atoms with Gasteiger partial charge in [0, 0.05) is 38.4 Å². The smallest absolute Gasteiger partial charge is 0.124 e. The second-order valence-corrected chi connectivity index (χ2v) is 6.94. The lowest BCUT2D eigenvalue weighted by Crippen LogP contribution is -1.93. The van der Waals surface area contributed by atoms with Crippen molar-refractivity contribution < 1.29 is 4.39 Å². The summed E-state index contributed by atoms with van der Waals surface area (Å²) in [5.74, 6) is 2.13. The number of aryl methyl sites for hydroxylation is 1. The van der Waals surface area contributed by atoms with Gasteiger partial charge in [0.05, 0.1) is 23.5 Å². The predicted molar refractivity (Wildman–Crippen MR) is 101 cm³/mol. The summed E-state index contributed by atoms with van der Waals surface area (Å²) in [5.41, 5.74) is 4.35. The number of rotatable bonds is 3. The standard InChI is InChI=1S/C20H12FN5S/c1-3-13-6-16(21)4-5-18(13)27-19-7-14(17-10-23-25-12(17)2)11-26-20(19)15(8-22)9-24-26/h1,4-7,9-11H,2H3,(H,23,25). The molecule has 4 rings (SSSR count). The zero-order chi connectivity index (χ0) is 19.0. The fourth-order valence-electron chi connectivity index (χ4n) is 2.86. The van der Waals surface area contributed by atoms with Crippen LogP contribution in [-0.2, 0) is 0 Å². The summed E-state index contributed by atoms with van der Waals surface area (Å²) in [5, 5.41) is 20.7. The molecule has 4 aromatic rings. The number of nitrogens with zero attached hydrogens (tertiary/aromatic N) is 4. The summed E-state index contributed by atoms with van der Waals surface area (Å²) in [7, 11) is 0. The molecular weight excluding hydrogens is 361 g/mol. The maximum Gasteiger partial charge on any atom is 0.124 e. The Morgan fingerprint density at radius 3 is 2.78 bits per heavy atom. The Labute approximate surface area is 158 Å². The molecule has 0 saturated heterocycles. The van der Waals surface area contributed by atoms with E-state index in [2.05, 4.69) is 27.3 Å². The molecule has 27 heavy (non-hydrogen) atoms. The molecule has 0 aliphatic carbocycles. The first kappa shape index (κ1) is 16.9. The summed E-state index contributed by atoms with van der Waals surface area (Å²) in [6, 6.07) is 8.46. The van der Waals surface area contributed by atoms with E-state index in [-0.39, 0.29) is 5.82 Å². The third-order valence-electron chi connectivity index (χ3n) is 4.16. The number of terminal acetylenes is 1. The van der Waals surface area contributed by atoms with Crippen LogP contribution in [0.25, 0.3) is 16.6 Å². The first-order valence-corrected chi connectivity index (χ1v) is 8.78. The molecule has 0 spiro atoms. The van der Waals surface area contributed by atoms with Gasteiger partial charge in [-0.15, -0.1) is 6.42 Å². The molecule has 130 valence electrons. The molecule has 0 bridgehead atoms. The maximum atomic E-state index is 13.5. The SMILES string of the molecule is C#Cc1cc(F)ccc1Sc1cc(-c2cn[nH]c2C)cn2ncc(C#N)c12. The average molecular weight is 373 g/mol. The van der Waals surface area contributed by atoms with Crippen LogP contribution in [0.3, 0.4) is 0 Å². The summed E-state index contributed by atoms with van der Waals surface area (Å²) in [6.45, 7) is 1.93. The topological polar surface area (TPSA) is 69.8 Å². The highest BCUT2D eigenvalue weighted by Gasteiger charge is 2.16. The van der Waals surface area contributed by atoms with E-state index in [0.717, 1.165) is 26.6 Å². The highest BCUT2D eigenvalue weighted by Crippen LogP contribution is 2.37. The Hall–Kier alpha value is -3.55. The lowest BCUT2D eigenvalue weighted by molar-refractivity contribution is 0.626. The van der Waals surface area contributed by atoms with Crippen molar-refractivity contribution >= 4 is 17.3 Å². The largest absolute Gasteiger partial charge is 0.282 e. The first-order chi connectivity index (χ1) is 13.1. The number of fused-ring (bicyclic) bond motifs is 1. The Morgan fingerprint density at radius 1 is 1.22 bits per heavy atom. The Kier molecular flexibility index (Phi) is 4.15. The number of halogens is 1. The minimum absolute atomic E-state index is 0.387. The molecular formula is C20H12FN5S. The minimum Gasteiger partial charge on any atom is -0.282 e. The molecule has 0 amide bonds. The molecule has 0 aliphatic heterocycles. The van der Waals surface area contributed by atoms with Gasteiger partial charge in [0.15, 0.2) is 0 Å². The van der Waals surface area contributed by atoms with E-state index in [0.29, 0.717) is 16.6 Å². The van der Waals surface area contributed by atoms with E-state index in [9.17, 15) is 9.65 Å². The summed E-state index contributed by atoms with van der Waals surface area (Å²) in [6.07, 6.45) is 10.7. The Bertz CT molecular complexity index is 1260. The van der Waals surface area contributed by atoms with Gasteiger partial charge in [0.25, 0.3) is 0 Å². The number of hydrogen-bond donors (Lipinski definition) is 1. The normalized spacial score (nSPS) is 10.7. The molecule has 0 radical (unpaired) electrons. The van der Waals surface area contributed by atoms with Crippen molar-refractivity contribution in [2.75, 3.05) is 0 Å². The van der Waals surface area contributed by atoms with Crippen LogP contribution in [0.15, 0.2) is 52.6 Å². The molecule has 0 saturated carbocycles. The molecule has 1 aromatic carbocycles. The van der Waals surface area contributed by atoms with E-state index in [1.54, 1.807) is 16.8 Å². The lowest BCUT2D eigenvalue weighted by atomic mass is 10.1. The van der Waals surface area contributed by atoms with Gasteiger partial charge in [-0.05, 0) is 31.2 Å². The van der Waals surface area contributed by atoms with Crippen molar-refractivity contribution in [2.24, 2.45) is 0 Å². The minimum atomic E-state index is -0.387. The number of nitrogens with one attached hydrogen (secondary N) is 1.